The van der Waals surface area contributed by atoms with Crippen LogP contribution in [-0.4, -0.2) is 49.7 Å². The van der Waals surface area contributed by atoms with Crippen LogP contribution in [0.3, 0.4) is 0 Å². The molecule has 1 aromatic carbocycles. The van der Waals surface area contributed by atoms with E-state index in [1.54, 1.807) is 0 Å². The van der Waals surface area contributed by atoms with E-state index in [2.05, 4.69) is 55.3 Å². The van der Waals surface area contributed by atoms with Crippen molar-refractivity contribution in [2.75, 3.05) is 37.6 Å². The third-order valence-electron chi connectivity index (χ3n) is 8.85. The fraction of sp³-hybridized carbons (Fsp3) is 0.667. The lowest BCUT2D eigenvalue weighted by Gasteiger charge is -2.50. The molecular formula is C27H38N2O2. The molecule has 0 unspecified atom stereocenters. The van der Waals surface area contributed by atoms with Crippen LogP contribution in [0.25, 0.3) is 0 Å². The van der Waals surface area contributed by atoms with Crippen molar-refractivity contribution in [1.82, 2.24) is 4.90 Å². The van der Waals surface area contributed by atoms with Gasteiger partial charge in [-0.3, -0.25) is 9.69 Å². The van der Waals surface area contributed by atoms with Crippen LogP contribution in [0.2, 0.25) is 0 Å². The molecule has 0 N–H and O–H groups in total. The van der Waals surface area contributed by atoms with E-state index in [-0.39, 0.29) is 23.4 Å². The monoisotopic (exact) mass is 422 g/mol. The molecule has 1 aromatic rings. The molecule has 2 saturated carbocycles. The van der Waals surface area contributed by atoms with E-state index in [1.165, 1.54) is 35.2 Å². The maximum absolute atomic E-state index is 12.9. The Morgan fingerprint density at radius 3 is 2.74 bits per heavy atom. The molecule has 168 valence electrons. The van der Waals surface area contributed by atoms with Gasteiger partial charge >= 0.3 is 5.97 Å². The van der Waals surface area contributed by atoms with Gasteiger partial charge in [0.05, 0.1) is 5.92 Å². The van der Waals surface area contributed by atoms with Crippen LogP contribution in [0, 0.1) is 37.0 Å². The topological polar surface area (TPSA) is 32.8 Å². The molecule has 4 fully saturated rings. The molecule has 2 aliphatic heterocycles. The number of aryl methyl sites for hydroxylation is 2. The van der Waals surface area contributed by atoms with Crippen LogP contribution < -0.4 is 4.90 Å². The van der Waals surface area contributed by atoms with Crippen molar-refractivity contribution in [1.29, 1.82) is 0 Å². The van der Waals surface area contributed by atoms with Gasteiger partial charge in [0.25, 0.3) is 0 Å². The number of hydrogen-bond donors (Lipinski definition) is 0. The second-order valence-corrected chi connectivity index (χ2v) is 11.0. The highest BCUT2D eigenvalue weighted by Gasteiger charge is 2.55. The first-order chi connectivity index (χ1) is 14.8. The number of ether oxygens (including phenoxy) is 1. The van der Waals surface area contributed by atoms with Gasteiger partial charge in [-0.15, -0.1) is 0 Å². The zero-order chi connectivity index (χ0) is 21.8. The van der Waals surface area contributed by atoms with Crippen molar-refractivity contribution in [3.63, 3.8) is 0 Å². The van der Waals surface area contributed by atoms with Gasteiger partial charge < -0.3 is 9.64 Å². The number of rotatable bonds is 3. The van der Waals surface area contributed by atoms with Crippen LogP contribution >= 0.6 is 0 Å². The molecule has 5 atom stereocenters. The third-order valence-corrected chi connectivity index (χ3v) is 8.85. The molecule has 0 bridgehead atoms. The molecule has 4 nitrogen and oxygen atoms in total. The van der Waals surface area contributed by atoms with Gasteiger partial charge in [-0.05, 0) is 74.5 Å². The molecular weight excluding hydrogens is 384 g/mol. The maximum atomic E-state index is 12.9. The predicted octanol–water partition coefficient (Wildman–Crippen LogP) is 4.74. The lowest BCUT2D eigenvalue weighted by Crippen LogP contribution is -2.50. The molecule has 0 radical (unpaired) electrons. The number of piperazine rings is 1. The SMILES string of the molecule is C=C1CCC[C@]2(C)C[C@H]3OC(=O)[C@@H](CN4CCN(c5cc(C)ccc5C)CC4)[C@H]3C[C@@H]12. The van der Waals surface area contributed by atoms with Crippen molar-refractivity contribution in [2.45, 2.75) is 59.0 Å². The molecule has 2 aliphatic carbocycles. The Bertz CT molecular complexity index is 872. The lowest BCUT2D eigenvalue weighted by atomic mass is 9.55. The molecule has 0 spiro atoms. The summed E-state index contributed by atoms with van der Waals surface area (Å²) >= 11 is 0. The molecule has 0 aromatic heterocycles. The quantitative estimate of drug-likeness (QED) is 0.520. The molecule has 2 heterocycles. The second kappa shape index (κ2) is 7.95. The van der Waals surface area contributed by atoms with Gasteiger partial charge in [-0.2, -0.15) is 0 Å². The van der Waals surface area contributed by atoms with Crippen molar-refractivity contribution in [3.05, 3.63) is 41.5 Å². The summed E-state index contributed by atoms with van der Waals surface area (Å²) in [5.74, 6) is 1.04. The van der Waals surface area contributed by atoms with Crippen molar-refractivity contribution in [2.24, 2.45) is 23.2 Å². The van der Waals surface area contributed by atoms with Crippen LogP contribution in [0.15, 0.2) is 30.4 Å². The summed E-state index contributed by atoms with van der Waals surface area (Å²) in [6.07, 6.45) is 5.91. The maximum Gasteiger partial charge on any atom is 0.310 e. The average Bonchev–Trinajstić information content (AvgIpc) is 3.02. The fourth-order valence-corrected chi connectivity index (χ4v) is 6.97. The summed E-state index contributed by atoms with van der Waals surface area (Å²) in [6.45, 7) is 16.1. The van der Waals surface area contributed by atoms with Crippen LogP contribution in [0.4, 0.5) is 5.69 Å². The molecule has 4 aliphatic rings. The van der Waals surface area contributed by atoms with E-state index < -0.39 is 0 Å². The minimum Gasteiger partial charge on any atom is -0.462 e. The summed E-state index contributed by atoms with van der Waals surface area (Å²) in [4.78, 5) is 17.9. The van der Waals surface area contributed by atoms with E-state index in [4.69, 9.17) is 4.74 Å². The zero-order valence-corrected chi connectivity index (χ0v) is 19.5. The smallest absolute Gasteiger partial charge is 0.310 e. The normalized spacial score (nSPS) is 36.2. The van der Waals surface area contributed by atoms with Gasteiger partial charge in [0.15, 0.2) is 0 Å². The number of hydrogen-bond acceptors (Lipinski definition) is 4. The van der Waals surface area contributed by atoms with Gasteiger partial charge in [0, 0.05) is 44.3 Å². The standard InChI is InChI=1S/C27H38N2O2/c1-18-7-8-20(3)24(14-18)29-12-10-28(11-13-29)17-22-21-15-23-19(2)6-5-9-27(23,4)16-25(21)31-26(22)30/h7-8,14,21-23,25H,2,5-6,9-13,15-17H2,1,3-4H3/t21-,22+,23+,25-,27-/m1/s1. The Morgan fingerprint density at radius 1 is 1.19 bits per heavy atom. The molecule has 31 heavy (non-hydrogen) atoms. The largest absolute Gasteiger partial charge is 0.462 e. The van der Waals surface area contributed by atoms with Gasteiger partial charge in [-0.25, -0.2) is 0 Å². The van der Waals surface area contributed by atoms with Gasteiger partial charge in [-0.1, -0.05) is 31.2 Å². The predicted molar refractivity (Wildman–Crippen MR) is 125 cm³/mol. The summed E-state index contributed by atoms with van der Waals surface area (Å²) in [7, 11) is 0. The Hall–Kier alpha value is -1.81. The summed E-state index contributed by atoms with van der Waals surface area (Å²) in [5.41, 5.74) is 5.73. The summed E-state index contributed by atoms with van der Waals surface area (Å²) in [5, 5.41) is 0. The number of allylic oxidation sites excluding steroid dienone is 1. The van der Waals surface area contributed by atoms with E-state index in [1.807, 2.05) is 0 Å². The molecule has 5 rings (SSSR count). The Balaban J connectivity index is 1.23. The highest BCUT2D eigenvalue weighted by Crippen LogP contribution is 2.56. The summed E-state index contributed by atoms with van der Waals surface area (Å²) in [6, 6.07) is 6.72. The van der Waals surface area contributed by atoms with Crippen LogP contribution in [-0.2, 0) is 9.53 Å². The van der Waals surface area contributed by atoms with Crippen molar-refractivity contribution in [3.8, 4) is 0 Å². The number of fused-ring (bicyclic) bond motifs is 2. The Kier molecular flexibility index (Phi) is 5.40. The molecule has 4 heteroatoms. The Labute approximate surface area is 187 Å². The number of esters is 1. The first-order valence-corrected chi connectivity index (χ1v) is 12.3. The Morgan fingerprint density at radius 2 is 1.97 bits per heavy atom. The zero-order valence-electron chi connectivity index (χ0n) is 19.5. The second-order valence-electron chi connectivity index (χ2n) is 11.0. The van der Waals surface area contributed by atoms with Crippen molar-refractivity contribution >= 4 is 11.7 Å². The lowest BCUT2D eigenvalue weighted by molar-refractivity contribution is -0.146. The van der Waals surface area contributed by atoms with E-state index in [0.29, 0.717) is 11.8 Å². The van der Waals surface area contributed by atoms with E-state index in [9.17, 15) is 4.79 Å². The van der Waals surface area contributed by atoms with E-state index in [0.717, 1.165) is 52.0 Å². The first kappa shape index (κ1) is 21.1. The van der Waals surface area contributed by atoms with E-state index >= 15 is 0 Å². The summed E-state index contributed by atoms with van der Waals surface area (Å²) < 4.78 is 5.98. The number of carbonyl (C=O) groups is 1. The van der Waals surface area contributed by atoms with Crippen LogP contribution in [0.5, 0.6) is 0 Å². The number of benzene rings is 1. The van der Waals surface area contributed by atoms with Crippen LogP contribution in [0.1, 0.15) is 50.2 Å². The number of carbonyl (C=O) groups excluding carboxylic acids is 1. The van der Waals surface area contributed by atoms with Crippen molar-refractivity contribution < 1.29 is 9.53 Å². The van der Waals surface area contributed by atoms with Gasteiger partial charge in [0.1, 0.15) is 6.10 Å². The third kappa shape index (κ3) is 3.82. The highest BCUT2D eigenvalue weighted by molar-refractivity contribution is 5.75. The molecule has 0 amide bonds. The minimum atomic E-state index is 0.0385. The molecule has 2 saturated heterocycles. The van der Waals surface area contributed by atoms with Gasteiger partial charge in [0.2, 0.25) is 0 Å². The first-order valence-electron chi connectivity index (χ1n) is 12.3. The highest BCUT2D eigenvalue weighted by atomic mass is 16.6. The fourth-order valence-electron chi connectivity index (χ4n) is 6.97. The number of nitrogens with zero attached hydrogens (tertiary/aromatic N) is 2. The number of anilines is 1. The average molecular weight is 423 g/mol. The minimum absolute atomic E-state index is 0.0385.